The molecule has 1 atom stereocenters. The minimum Gasteiger partial charge on any atom is -0.465 e. The van der Waals surface area contributed by atoms with Crippen LogP contribution in [-0.4, -0.2) is 52.0 Å². The number of amides is 1. The molecule has 7 heteroatoms. The molecule has 0 radical (unpaired) electrons. The zero-order valence-electron chi connectivity index (χ0n) is 9.58. The lowest BCUT2D eigenvalue weighted by molar-refractivity contribution is 0.122. The van der Waals surface area contributed by atoms with Gasteiger partial charge in [0.2, 0.25) is 0 Å². The first-order valence-corrected chi connectivity index (χ1v) is 5.41. The number of hydrogen-bond acceptors (Lipinski definition) is 5. The van der Waals surface area contributed by atoms with Crippen LogP contribution in [0.4, 0.5) is 16.4 Å². The van der Waals surface area contributed by atoms with Crippen LogP contribution in [0, 0.1) is 0 Å². The molecule has 3 N–H and O–H groups in total. The van der Waals surface area contributed by atoms with Gasteiger partial charge in [-0.2, -0.15) is 0 Å². The second kappa shape index (κ2) is 4.44. The molecule has 0 saturated carbocycles. The highest BCUT2D eigenvalue weighted by Gasteiger charge is 2.27. The summed E-state index contributed by atoms with van der Waals surface area (Å²) in [6, 6.07) is 3.43. The summed E-state index contributed by atoms with van der Waals surface area (Å²) in [7, 11) is 0. The molecule has 7 nitrogen and oxygen atoms in total. The van der Waals surface area contributed by atoms with Crippen LogP contribution in [0.25, 0.3) is 0 Å². The number of anilines is 2. The zero-order chi connectivity index (χ0) is 12.4. The highest BCUT2D eigenvalue weighted by molar-refractivity contribution is 5.66. The molecule has 92 valence electrons. The van der Waals surface area contributed by atoms with Crippen molar-refractivity contribution in [3.8, 4) is 0 Å². The molecule has 1 fully saturated rings. The third-order valence-corrected chi connectivity index (χ3v) is 2.87. The number of nitrogen functional groups attached to an aromatic ring is 1. The van der Waals surface area contributed by atoms with E-state index in [4.69, 9.17) is 10.8 Å². The second-order valence-electron chi connectivity index (χ2n) is 4.09. The highest BCUT2D eigenvalue weighted by Crippen LogP contribution is 2.16. The van der Waals surface area contributed by atoms with Crippen molar-refractivity contribution < 1.29 is 9.90 Å². The Morgan fingerprint density at radius 1 is 1.47 bits per heavy atom. The summed E-state index contributed by atoms with van der Waals surface area (Å²) in [4.78, 5) is 14.4. The first kappa shape index (κ1) is 11.4. The molecule has 1 aliphatic heterocycles. The highest BCUT2D eigenvalue weighted by atomic mass is 16.4. The summed E-state index contributed by atoms with van der Waals surface area (Å²) in [5.74, 6) is 1.11. The van der Waals surface area contributed by atoms with Crippen LogP contribution >= 0.6 is 0 Å². The minimum atomic E-state index is -0.874. The second-order valence-corrected chi connectivity index (χ2v) is 4.09. The van der Waals surface area contributed by atoms with Gasteiger partial charge in [-0.05, 0) is 19.1 Å². The molecule has 0 aliphatic carbocycles. The Balaban J connectivity index is 2.06. The van der Waals surface area contributed by atoms with Crippen LogP contribution in [0.3, 0.4) is 0 Å². The lowest BCUT2D eigenvalue weighted by Crippen LogP contribution is -2.54. The Morgan fingerprint density at radius 2 is 2.24 bits per heavy atom. The third kappa shape index (κ3) is 2.38. The molecule has 0 bridgehead atoms. The normalized spacial score (nSPS) is 20.4. The molecule has 1 saturated heterocycles. The number of nitrogens with two attached hydrogens (primary N) is 1. The predicted octanol–water partition coefficient (Wildman–Crippen LogP) is 0.247. The van der Waals surface area contributed by atoms with Crippen LogP contribution in [0.5, 0.6) is 0 Å². The lowest BCUT2D eigenvalue weighted by Gasteiger charge is -2.38. The minimum absolute atomic E-state index is 0.0550. The maximum atomic E-state index is 10.9. The molecule has 2 rings (SSSR count). The van der Waals surface area contributed by atoms with E-state index in [9.17, 15) is 4.79 Å². The SMILES string of the molecule is CC1CN(c2ccc(N)nn2)CCN1C(=O)O. The molecule has 0 spiro atoms. The summed E-state index contributed by atoms with van der Waals surface area (Å²) in [6.45, 7) is 3.59. The first-order valence-electron chi connectivity index (χ1n) is 5.41. The molecule has 1 aromatic rings. The van der Waals surface area contributed by atoms with Crippen LogP contribution < -0.4 is 10.6 Å². The Hall–Kier alpha value is -2.05. The smallest absolute Gasteiger partial charge is 0.407 e. The van der Waals surface area contributed by atoms with Gasteiger partial charge in [-0.1, -0.05) is 0 Å². The fourth-order valence-electron chi connectivity index (χ4n) is 1.95. The average molecular weight is 237 g/mol. The van der Waals surface area contributed by atoms with Gasteiger partial charge in [0.05, 0.1) is 0 Å². The van der Waals surface area contributed by atoms with Gasteiger partial charge in [-0.3, -0.25) is 0 Å². The van der Waals surface area contributed by atoms with Crippen molar-refractivity contribution in [3.05, 3.63) is 12.1 Å². The van der Waals surface area contributed by atoms with E-state index < -0.39 is 6.09 Å². The Bertz CT molecular complexity index is 408. The van der Waals surface area contributed by atoms with Crippen molar-refractivity contribution in [2.24, 2.45) is 0 Å². The molecule has 17 heavy (non-hydrogen) atoms. The van der Waals surface area contributed by atoms with E-state index in [1.807, 2.05) is 11.8 Å². The third-order valence-electron chi connectivity index (χ3n) is 2.87. The van der Waals surface area contributed by atoms with Crippen LogP contribution in [0.15, 0.2) is 12.1 Å². The Labute approximate surface area is 98.8 Å². The van der Waals surface area contributed by atoms with Gasteiger partial charge >= 0.3 is 6.09 Å². The summed E-state index contributed by atoms with van der Waals surface area (Å²) in [5, 5.41) is 16.7. The van der Waals surface area contributed by atoms with Crippen molar-refractivity contribution in [2.75, 3.05) is 30.3 Å². The lowest BCUT2D eigenvalue weighted by atomic mass is 10.2. The number of carboxylic acid groups (broad SMARTS) is 1. The predicted molar refractivity (Wildman–Crippen MR) is 62.9 cm³/mol. The average Bonchev–Trinajstić information content (AvgIpc) is 2.29. The van der Waals surface area contributed by atoms with E-state index >= 15 is 0 Å². The van der Waals surface area contributed by atoms with Gasteiger partial charge in [-0.25, -0.2) is 4.79 Å². The van der Waals surface area contributed by atoms with Crippen LogP contribution in [0.1, 0.15) is 6.92 Å². The van der Waals surface area contributed by atoms with E-state index in [0.29, 0.717) is 25.5 Å². The maximum Gasteiger partial charge on any atom is 0.407 e. The van der Waals surface area contributed by atoms with Gasteiger partial charge in [-0.15, -0.1) is 10.2 Å². The number of hydrogen-bond donors (Lipinski definition) is 2. The fraction of sp³-hybridized carbons (Fsp3) is 0.500. The molecule has 1 aromatic heterocycles. The van der Waals surface area contributed by atoms with Gasteiger partial charge in [0.25, 0.3) is 0 Å². The topological polar surface area (TPSA) is 95.6 Å². The standard InChI is InChI=1S/C10H15N5O2/c1-7-6-14(4-5-15(7)10(16)17)9-3-2-8(11)12-13-9/h2-3,7H,4-6H2,1H3,(H2,11,12)(H,16,17). The number of carbonyl (C=O) groups is 1. The monoisotopic (exact) mass is 237 g/mol. The summed E-state index contributed by atoms with van der Waals surface area (Å²) >= 11 is 0. The van der Waals surface area contributed by atoms with E-state index in [0.717, 1.165) is 5.82 Å². The molecular formula is C10H15N5O2. The number of nitrogens with zero attached hydrogens (tertiary/aromatic N) is 4. The Morgan fingerprint density at radius 3 is 2.76 bits per heavy atom. The van der Waals surface area contributed by atoms with Crippen LogP contribution in [-0.2, 0) is 0 Å². The van der Waals surface area contributed by atoms with Crippen molar-refractivity contribution in [2.45, 2.75) is 13.0 Å². The quantitative estimate of drug-likeness (QED) is 0.726. The molecule has 1 unspecified atom stereocenters. The van der Waals surface area contributed by atoms with E-state index in [-0.39, 0.29) is 6.04 Å². The van der Waals surface area contributed by atoms with E-state index in [1.54, 1.807) is 12.1 Å². The van der Waals surface area contributed by atoms with E-state index in [2.05, 4.69) is 10.2 Å². The Kier molecular flexibility index (Phi) is 2.99. The summed E-state index contributed by atoms with van der Waals surface area (Å²) in [5.41, 5.74) is 5.47. The van der Waals surface area contributed by atoms with E-state index in [1.165, 1.54) is 4.90 Å². The van der Waals surface area contributed by atoms with Crippen molar-refractivity contribution in [1.29, 1.82) is 0 Å². The molecule has 0 aromatic carbocycles. The summed E-state index contributed by atoms with van der Waals surface area (Å²) < 4.78 is 0. The zero-order valence-corrected chi connectivity index (χ0v) is 9.58. The molecule has 1 aliphatic rings. The number of rotatable bonds is 1. The van der Waals surface area contributed by atoms with Crippen molar-refractivity contribution in [1.82, 2.24) is 15.1 Å². The van der Waals surface area contributed by atoms with Crippen molar-refractivity contribution >= 4 is 17.7 Å². The summed E-state index contributed by atoms with van der Waals surface area (Å²) in [6.07, 6.45) is -0.874. The molecule has 2 heterocycles. The van der Waals surface area contributed by atoms with Crippen molar-refractivity contribution in [3.63, 3.8) is 0 Å². The van der Waals surface area contributed by atoms with Gasteiger partial charge in [0.1, 0.15) is 5.82 Å². The fourth-order valence-corrected chi connectivity index (χ4v) is 1.95. The van der Waals surface area contributed by atoms with Gasteiger partial charge < -0.3 is 20.6 Å². The largest absolute Gasteiger partial charge is 0.465 e. The van der Waals surface area contributed by atoms with Gasteiger partial charge in [0.15, 0.2) is 5.82 Å². The molecule has 1 amide bonds. The van der Waals surface area contributed by atoms with Crippen LogP contribution in [0.2, 0.25) is 0 Å². The number of piperazine rings is 1. The first-order chi connectivity index (χ1) is 8.08. The maximum absolute atomic E-state index is 10.9. The number of aromatic nitrogens is 2. The van der Waals surface area contributed by atoms with Gasteiger partial charge in [0, 0.05) is 25.7 Å². The molecular weight excluding hydrogens is 222 g/mol.